The molecule has 0 bridgehead atoms. The molecule has 0 atom stereocenters. The first-order valence-corrected chi connectivity index (χ1v) is 17.4. The van der Waals surface area contributed by atoms with Crippen LogP contribution in [0.3, 0.4) is 0 Å². The highest BCUT2D eigenvalue weighted by Crippen LogP contribution is 2.42. The largest absolute Gasteiger partial charge is 0.309 e. The number of para-hydroxylation sites is 1. The molecule has 0 fully saturated rings. The summed E-state index contributed by atoms with van der Waals surface area (Å²) in [5.41, 5.74) is 11.9. The minimum atomic E-state index is 1.01. The lowest BCUT2D eigenvalue weighted by molar-refractivity contribution is 1.18. The van der Waals surface area contributed by atoms with Gasteiger partial charge in [-0.2, -0.15) is 0 Å². The number of hydrogen-bond donors (Lipinski definition) is 0. The molecule has 0 unspecified atom stereocenters. The van der Waals surface area contributed by atoms with Gasteiger partial charge in [-0.3, -0.25) is 4.57 Å². The molecular formula is C45H29N3S. The summed E-state index contributed by atoms with van der Waals surface area (Å²) in [5.74, 6) is 0. The van der Waals surface area contributed by atoms with E-state index >= 15 is 0 Å². The predicted octanol–water partition coefficient (Wildman–Crippen LogP) is 12.3. The van der Waals surface area contributed by atoms with E-state index in [0.717, 1.165) is 21.3 Å². The second kappa shape index (κ2) is 11.2. The van der Waals surface area contributed by atoms with E-state index in [2.05, 4.69) is 179 Å². The molecule has 0 aliphatic heterocycles. The fourth-order valence-electron chi connectivity index (χ4n) is 7.33. The summed E-state index contributed by atoms with van der Waals surface area (Å²) in [4.78, 5) is 4.92. The van der Waals surface area contributed by atoms with Crippen LogP contribution in [0.1, 0.15) is 0 Å². The molecule has 10 rings (SSSR count). The number of nitrogens with zero attached hydrogens (tertiary/aromatic N) is 3. The van der Waals surface area contributed by atoms with Crippen molar-refractivity contribution in [3.8, 4) is 43.5 Å². The van der Waals surface area contributed by atoms with E-state index in [4.69, 9.17) is 4.98 Å². The lowest BCUT2D eigenvalue weighted by Gasteiger charge is -2.08. The summed E-state index contributed by atoms with van der Waals surface area (Å²) in [7, 11) is 0. The van der Waals surface area contributed by atoms with Crippen molar-refractivity contribution in [2.24, 2.45) is 0 Å². The van der Waals surface area contributed by atoms with Crippen LogP contribution in [-0.2, 0) is 0 Å². The number of rotatable bonds is 5. The first-order chi connectivity index (χ1) is 24.3. The van der Waals surface area contributed by atoms with E-state index in [1.807, 2.05) is 6.20 Å². The van der Waals surface area contributed by atoms with Gasteiger partial charge in [0.15, 0.2) is 0 Å². The average molecular weight is 644 g/mol. The zero-order valence-electron chi connectivity index (χ0n) is 26.5. The van der Waals surface area contributed by atoms with Crippen molar-refractivity contribution >= 4 is 54.9 Å². The van der Waals surface area contributed by atoms with Crippen LogP contribution in [0.4, 0.5) is 0 Å². The molecule has 7 aromatic carbocycles. The van der Waals surface area contributed by atoms with Gasteiger partial charge in [-0.15, -0.1) is 0 Å². The van der Waals surface area contributed by atoms with Gasteiger partial charge in [0.1, 0.15) is 10.0 Å². The van der Waals surface area contributed by atoms with Crippen molar-refractivity contribution < 1.29 is 0 Å². The zero-order chi connectivity index (χ0) is 32.3. The second-order valence-corrected chi connectivity index (χ2v) is 13.5. The van der Waals surface area contributed by atoms with Gasteiger partial charge >= 0.3 is 0 Å². The Morgan fingerprint density at radius 1 is 0.367 bits per heavy atom. The normalized spacial score (nSPS) is 11.7. The number of hydrogen-bond acceptors (Lipinski definition) is 2. The Kier molecular flexibility index (Phi) is 6.36. The summed E-state index contributed by atoms with van der Waals surface area (Å²) in [5, 5.41) is 7.02. The van der Waals surface area contributed by atoms with E-state index in [-0.39, 0.29) is 0 Å². The Labute approximate surface area is 287 Å². The smallest absolute Gasteiger partial charge is 0.125 e. The van der Waals surface area contributed by atoms with Crippen LogP contribution in [0, 0.1) is 0 Å². The summed E-state index contributed by atoms with van der Waals surface area (Å²) in [6.45, 7) is 0. The fraction of sp³-hybridized carbons (Fsp3) is 0. The van der Waals surface area contributed by atoms with Gasteiger partial charge in [-0.1, -0.05) is 133 Å². The monoisotopic (exact) mass is 643 g/mol. The van der Waals surface area contributed by atoms with Crippen LogP contribution in [0.5, 0.6) is 0 Å². The van der Waals surface area contributed by atoms with Crippen molar-refractivity contribution in [2.45, 2.75) is 0 Å². The predicted molar refractivity (Wildman–Crippen MR) is 207 cm³/mol. The Balaban J connectivity index is 1.31. The molecule has 230 valence electrons. The number of thiazole rings is 1. The van der Waals surface area contributed by atoms with Crippen molar-refractivity contribution in [2.75, 3.05) is 0 Å². The third kappa shape index (κ3) is 4.53. The lowest BCUT2D eigenvalue weighted by Crippen LogP contribution is -1.93. The molecule has 49 heavy (non-hydrogen) atoms. The second-order valence-electron chi connectivity index (χ2n) is 12.5. The summed E-state index contributed by atoms with van der Waals surface area (Å²) >= 11 is 1.73. The van der Waals surface area contributed by atoms with Crippen molar-refractivity contribution in [3.05, 3.63) is 176 Å². The molecule has 0 saturated heterocycles. The van der Waals surface area contributed by atoms with Crippen molar-refractivity contribution in [1.29, 1.82) is 0 Å². The van der Waals surface area contributed by atoms with Crippen LogP contribution in [0.15, 0.2) is 176 Å². The third-order valence-corrected chi connectivity index (χ3v) is 10.6. The molecule has 0 N–H and O–H groups in total. The van der Waals surface area contributed by atoms with E-state index in [1.165, 1.54) is 65.9 Å². The van der Waals surface area contributed by atoms with Gasteiger partial charge < -0.3 is 4.57 Å². The number of aromatic nitrogens is 3. The SMILES string of the molecule is c1ccc(-c2ccc3c(c2)c2cc4c(cc2n3-c2ccccc2)c2cc(-c3ccccc3)ccc2n4-c2cnc(-c3ccccc3)s2)cc1. The summed E-state index contributed by atoms with van der Waals surface area (Å²) < 4.78 is 4.83. The highest BCUT2D eigenvalue weighted by molar-refractivity contribution is 7.17. The Bertz CT molecular complexity index is 2790. The molecule has 0 aliphatic carbocycles. The van der Waals surface area contributed by atoms with Crippen LogP contribution in [0.25, 0.3) is 87.1 Å². The summed E-state index contributed by atoms with van der Waals surface area (Å²) in [6, 6.07) is 61.1. The molecule has 0 spiro atoms. The van der Waals surface area contributed by atoms with Crippen LogP contribution in [-0.4, -0.2) is 14.1 Å². The van der Waals surface area contributed by atoms with E-state index in [0.29, 0.717) is 0 Å². The van der Waals surface area contributed by atoms with Gasteiger partial charge in [0, 0.05) is 32.8 Å². The molecule has 0 amide bonds. The first-order valence-electron chi connectivity index (χ1n) is 16.5. The lowest BCUT2D eigenvalue weighted by atomic mass is 10.0. The van der Waals surface area contributed by atoms with E-state index in [9.17, 15) is 0 Å². The molecule has 0 saturated carbocycles. The van der Waals surface area contributed by atoms with Crippen molar-refractivity contribution in [3.63, 3.8) is 0 Å². The maximum absolute atomic E-state index is 4.92. The standard InChI is InChI=1S/C45H29N3S/c1-5-13-30(14-6-1)33-21-23-40-36(25-33)38-28-43-39(27-42(38)47(40)35-19-11-4-12-20-35)37-26-34(31-15-7-2-8-16-31)22-24-41(37)48(43)44-29-46-45(49-44)32-17-9-3-10-18-32/h1-29H. The molecule has 10 aromatic rings. The van der Waals surface area contributed by atoms with Gasteiger partial charge in [0.2, 0.25) is 0 Å². The Morgan fingerprint density at radius 2 is 0.816 bits per heavy atom. The van der Waals surface area contributed by atoms with Gasteiger partial charge in [0.05, 0.1) is 28.3 Å². The number of fused-ring (bicyclic) bond motifs is 6. The summed E-state index contributed by atoms with van der Waals surface area (Å²) in [6.07, 6.45) is 2.03. The van der Waals surface area contributed by atoms with Gasteiger partial charge in [-0.25, -0.2) is 4.98 Å². The van der Waals surface area contributed by atoms with Crippen LogP contribution < -0.4 is 0 Å². The molecule has 4 heteroatoms. The molecule has 3 aromatic heterocycles. The quantitative estimate of drug-likeness (QED) is 0.183. The average Bonchev–Trinajstić information content (AvgIpc) is 3.87. The molecule has 3 heterocycles. The maximum Gasteiger partial charge on any atom is 0.125 e. The Morgan fingerprint density at radius 3 is 1.37 bits per heavy atom. The van der Waals surface area contributed by atoms with Gasteiger partial charge in [0.25, 0.3) is 0 Å². The first kappa shape index (κ1) is 27.8. The Hall–Kier alpha value is -6.23. The molecular weight excluding hydrogens is 615 g/mol. The highest BCUT2D eigenvalue weighted by atomic mass is 32.1. The minimum Gasteiger partial charge on any atom is -0.309 e. The molecule has 3 nitrogen and oxygen atoms in total. The minimum absolute atomic E-state index is 1.01. The van der Waals surface area contributed by atoms with E-state index in [1.54, 1.807) is 11.3 Å². The highest BCUT2D eigenvalue weighted by Gasteiger charge is 2.20. The van der Waals surface area contributed by atoms with Gasteiger partial charge in [-0.05, 0) is 70.8 Å². The van der Waals surface area contributed by atoms with Crippen LogP contribution >= 0.6 is 11.3 Å². The zero-order valence-corrected chi connectivity index (χ0v) is 27.3. The third-order valence-electron chi connectivity index (χ3n) is 9.61. The number of benzene rings is 7. The van der Waals surface area contributed by atoms with E-state index < -0.39 is 0 Å². The molecule has 0 aliphatic rings. The topological polar surface area (TPSA) is 22.8 Å². The van der Waals surface area contributed by atoms with Crippen LogP contribution in [0.2, 0.25) is 0 Å². The fourth-order valence-corrected chi connectivity index (χ4v) is 8.28. The maximum atomic E-state index is 4.92. The van der Waals surface area contributed by atoms with Crippen molar-refractivity contribution in [1.82, 2.24) is 14.1 Å². The molecule has 0 radical (unpaired) electrons.